The summed E-state index contributed by atoms with van der Waals surface area (Å²) in [6.45, 7) is 0.893. The Balaban J connectivity index is 1.59. The first-order chi connectivity index (χ1) is 12.8. The van der Waals surface area contributed by atoms with Crippen molar-refractivity contribution in [1.82, 2.24) is 4.90 Å². The molecule has 1 saturated heterocycles. The molecule has 2 aromatic rings. The SMILES string of the molecule is O=C(c1ccc(C(F)(F)F)cc1)[C@@H]1CCCN(C(=O)CCc2ccco2)C1. The topological polar surface area (TPSA) is 50.5 Å². The quantitative estimate of drug-likeness (QED) is 0.726. The Hall–Kier alpha value is -2.57. The van der Waals surface area contributed by atoms with Gasteiger partial charge in [-0.05, 0) is 37.1 Å². The van der Waals surface area contributed by atoms with E-state index in [1.54, 1.807) is 23.3 Å². The molecule has 0 aliphatic carbocycles. The van der Waals surface area contributed by atoms with E-state index in [1.807, 2.05) is 0 Å². The number of carbonyl (C=O) groups excluding carboxylic acids is 2. The lowest BCUT2D eigenvalue weighted by molar-refractivity contribution is -0.137. The van der Waals surface area contributed by atoms with E-state index in [1.165, 1.54) is 12.1 Å². The first kappa shape index (κ1) is 19.2. The zero-order valence-corrected chi connectivity index (χ0v) is 14.7. The number of carbonyl (C=O) groups is 2. The number of Topliss-reactive ketones (excluding diaryl/α,β-unsaturated/α-hetero) is 1. The molecule has 0 radical (unpaired) electrons. The predicted molar refractivity (Wildman–Crippen MR) is 92.1 cm³/mol. The summed E-state index contributed by atoms with van der Waals surface area (Å²) in [5.41, 5.74) is -0.532. The van der Waals surface area contributed by atoms with Gasteiger partial charge in [0.2, 0.25) is 5.91 Å². The standard InChI is InChI=1S/C20H20F3NO3/c21-20(22,23)16-7-5-14(6-8-16)19(26)15-3-1-11-24(13-15)18(25)10-9-17-4-2-12-27-17/h2,4-8,12,15H,1,3,9-11,13H2/t15-/m1/s1. The molecule has 0 unspecified atom stereocenters. The van der Waals surface area contributed by atoms with Crippen LogP contribution in [0.15, 0.2) is 47.1 Å². The van der Waals surface area contributed by atoms with Crippen molar-refractivity contribution in [2.45, 2.75) is 31.9 Å². The number of furan rings is 1. The van der Waals surface area contributed by atoms with E-state index in [2.05, 4.69) is 0 Å². The van der Waals surface area contributed by atoms with E-state index in [9.17, 15) is 22.8 Å². The van der Waals surface area contributed by atoms with Crippen LogP contribution in [-0.2, 0) is 17.4 Å². The van der Waals surface area contributed by atoms with Crippen LogP contribution in [0.25, 0.3) is 0 Å². The fourth-order valence-electron chi connectivity index (χ4n) is 3.32. The summed E-state index contributed by atoms with van der Waals surface area (Å²) >= 11 is 0. The number of benzene rings is 1. The van der Waals surface area contributed by atoms with E-state index >= 15 is 0 Å². The molecule has 144 valence electrons. The Kier molecular flexibility index (Phi) is 5.68. The number of alkyl halides is 3. The van der Waals surface area contributed by atoms with E-state index in [-0.39, 0.29) is 23.2 Å². The largest absolute Gasteiger partial charge is 0.469 e. The van der Waals surface area contributed by atoms with Gasteiger partial charge in [0.1, 0.15) is 5.76 Å². The number of nitrogens with zero attached hydrogens (tertiary/aromatic N) is 1. The monoisotopic (exact) mass is 379 g/mol. The fourth-order valence-corrected chi connectivity index (χ4v) is 3.32. The van der Waals surface area contributed by atoms with Gasteiger partial charge in [-0.2, -0.15) is 13.2 Å². The van der Waals surface area contributed by atoms with Gasteiger partial charge in [-0.15, -0.1) is 0 Å². The minimum absolute atomic E-state index is 0.0451. The molecule has 1 atom stereocenters. The number of halogens is 3. The van der Waals surface area contributed by atoms with E-state index in [0.717, 1.165) is 17.9 Å². The molecule has 4 nitrogen and oxygen atoms in total. The maximum atomic E-state index is 12.7. The van der Waals surface area contributed by atoms with Crippen LogP contribution in [0.5, 0.6) is 0 Å². The Bertz CT molecular complexity index is 782. The van der Waals surface area contributed by atoms with Crippen LogP contribution < -0.4 is 0 Å². The van der Waals surface area contributed by atoms with E-state index in [0.29, 0.717) is 38.8 Å². The van der Waals surface area contributed by atoms with Crippen molar-refractivity contribution in [2.75, 3.05) is 13.1 Å². The normalized spacial score (nSPS) is 17.7. The van der Waals surface area contributed by atoms with Gasteiger partial charge in [0, 0.05) is 37.4 Å². The summed E-state index contributed by atoms with van der Waals surface area (Å²) in [4.78, 5) is 26.7. The van der Waals surface area contributed by atoms with Crippen molar-refractivity contribution in [2.24, 2.45) is 5.92 Å². The molecule has 0 spiro atoms. The second-order valence-corrected chi connectivity index (χ2v) is 6.70. The fraction of sp³-hybridized carbons (Fsp3) is 0.400. The molecule has 3 rings (SSSR count). The summed E-state index contributed by atoms with van der Waals surface area (Å²) in [6, 6.07) is 7.83. The molecule has 0 N–H and O–H groups in total. The maximum absolute atomic E-state index is 12.7. The van der Waals surface area contributed by atoms with Gasteiger partial charge in [-0.1, -0.05) is 12.1 Å². The minimum Gasteiger partial charge on any atom is -0.469 e. The second-order valence-electron chi connectivity index (χ2n) is 6.70. The van der Waals surface area contributed by atoms with Crippen LogP contribution in [0.4, 0.5) is 13.2 Å². The summed E-state index contributed by atoms with van der Waals surface area (Å²) in [5, 5.41) is 0. The third-order valence-corrected chi connectivity index (χ3v) is 4.81. The highest BCUT2D eigenvalue weighted by Gasteiger charge is 2.32. The molecular weight excluding hydrogens is 359 g/mol. The number of piperidine rings is 1. The van der Waals surface area contributed by atoms with Crippen LogP contribution in [-0.4, -0.2) is 29.7 Å². The molecule has 27 heavy (non-hydrogen) atoms. The number of amides is 1. The first-order valence-electron chi connectivity index (χ1n) is 8.86. The number of hydrogen-bond donors (Lipinski definition) is 0. The molecule has 1 aromatic heterocycles. The second kappa shape index (κ2) is 7.98. The summed E-state index contributed by atoms with van der Waals surface area (Å²) in [6.07, 6.45) is -0.747. The number of hydrogen-bond acceptors (Lipinski definition) is 3. The van der Waals surface area contributed by atoms with Crippen molar-refractivity contribution in [3.8, 4) is 0 Å². The highest BCUT2D eigenvalue weighted by Crippen LogP contribution is 2.30. The molecule has 7 heteroatoms. The highest BCUT2D eigenvalue weighted by molar-refractivity contribution is 5.98. The van der Waals surface area contributed by atoms with Crippen LogP contribution in [0, 0.1) is 5.92 Å². The Morgan fingerprint density at radius 1 is 1.15 bits per heavy atom. The van der Waals surface area contributed by atoms with Crippen molar-refractivity contribution >= 4 is 11.7 Å². The minimum atomic E-state index is -4.43. The van der Waals surface area contributed by atoms with Crippen molar-refractivity contribution < 1.29 is 27.2 Å². The average molecular weight is 379 g/mol. The lowest BCUT2D eigenvalue weighted by atomic mass is 9.89. The summed E-state index contributed by atoms with van der Waals surface area (Å²) < 4.78 is 43.2. The zero-order chi connectivity index (χ0) is 19.4. The van der Waals surface area contributed by atoms with Crippen molar-refractivity contribution in [1.29, 1.82) is 0 Å². The molecule has 0 saturated carbocycles. The summed E-state index contributed by atoms with van der Waals surface area (Å²) in [5.74, 6) is 0.0874. The Morgan fingerprint density at radius 3 is 2.52 bits per heavy atom. The smallest absolute Gasteiger partial charge is 0.416 e. The molecule has 1 aromatic carbocycles. The van der Waals surface area contributed by atoms with Gasteiger partial charge in [0.05, 0.1) is 11.8 Å². The molecular formula is C20H20F3NO3. The molecule has 1 aliphatic heterocycles. The Morgan fingerprint density at radius 2 is 1.89 bits per heavy atom. The molecule has 2 heterocycles. The van der Waals surface area contributed by atoms with E-state index in [4.69, 9.17) is 4.42 Å². The molecule has 0 bridgehead atoms. The van der Waals surface area contributed by atoms with Crippen molar-refractivity contribution in [3.63, 3.8) is 0 Å². The molecule has 1 amide bonds. The number of ketones is 1. The van der Waals surface area contributed by atoms with Crippen LogP contribution >= 0.6 is 0 Å². The molecule has 1 aliphatic rings. The van der Waals surface area contributed by atoms with Gasteiger partial charge in [0.15, 0.2) is 5.78 Å². The van der Waals surface area contributed by atoms with Crippen LogP contribution in [0.3, 0.4) is 0 Å². The number of likely N-dealkylation sites (tertiary alicyclic amines) is 1. The lowest BCUT2D eigenvalue weighted by Crippen LogP contribution is -2.42. The number of rotatable bonds is 5. The zero-order valence-electron chi connectivity index (χ0n) is 14.7. The number of aryl methyl sites for hydroxylation is 1. The maximum Gasteiger partial charge on any atom is 0.416 e. The van der Waals surface area contributed by atoms with Gasteiger partial charge >= 0.3 is 6.18 Å². The van der Waals surface area contributed by atoms with Crippen LogP contribution in [0.2, 0.25) is 0 Å². The average Bonchev–Trinajstić information content (AvgIpc) is 3.18. The first-order valence-corrected chi connectivity index (χ1v) is 8.86. The van der Waals surface area contributed by atoms with Gasteiger partial charge in [-0.25, -0.2) is 0 Å². The third kappa shape index (κ3) is 4.78. The summed E-state index contributed by atoms with van der Waals surface area (Å²) in [7, 11) is 0. The van der Waals surface area contributed by atoms with Crippen LogP contribution in [0.1, 0.15) is 40.9 Å². The van der Waals surface area contributed by atoms with Gasteiger partial charge in [-0.3, -0.25) is 9.59 Å². The third-order valence-electron chi connectivity index (χ3n) is 4.81. The predicted octanol–water partition coefficient (Wildman–Crippen LogP) is 4.35. The molecule has 1 fully saturated rings. The Labute approximate surface area is 155 Å². The van der Waals surface area contributed by atoms with Gasteiger partial charge < -0.3 is 9.32 Å². The van der Waals surface area contributed by atoms with E-state index < -0.39 is 11.7 Å². The lowest BCUT2D eigenvalue weighted by Gasteiger charge is -2.32. The van der Waals surface area contributed by atoms with Crippen molar-refractivity contribution in [3.05, 3.63) is 59.5 Å². The highest BCUT2D eigenvalue weighted by atomic mass is 19.4. The van der Waals surface area contributed by atoms with Gasteiger partial charge in [0.25, 0.3) is 0 Å².